The van der Waals surface area contributed by atoms with Gasteiger partial charge < -0.3 is 10.1 Å². The van der Waals surface area contributed by atoms with Crippen LogP contribution in [0.5, 0.6) is 0 Å². The van der Waals surface area contributed by atoms with E-state index in [9.17, 15) is 4.79 Å². The Labute approximate surface area is 142 Å². The smallest absolute Gasteiger partial charge is 0.346 e. The first-order valence-corrected chi connectivity index (χ1v) is 8.48. The minimum absolute atomic E-state index is 0.252. The number of benzene rings is 1. The first kappa shape index (κ1) is 15.9. The van der Waals surface area contributed by atoms with Gasteiger partial charge >= 0.3 is 5.97 Å². The van der Waals surface area contributed by atoms with Gasteiger partial charge in [-0.2, -0.15) is 4.89 Å². The third kappa shape index (κ3) is 2.10. The van der Waals surface area contributed by atoms with Crippen LogP contribution in [-0.2, 0) is 24.9 Å². The van der Waals surface area contributed by atoms with E-state index in [0.717, 1.165) is 13.0 Å². The molecule has 1 saturated heterocycles. The summed E-state index contributed by atoms with van der Waals surface area (Å²) in [5.74, 6) is -0.0885. The van der Waals surface area contributed by atoms with Crippen molar-refractivity contribution < 1.29 is 19.3 Å². The van der Waals surface area contributed by atoms with E-state index in [1.165, 1.54) is 23.9 Å². The van der Waals surface area contributed by atoms with Crippen LogP contribution in [0.4, 0.5) is 5.69 Å². The molecule has 1 N–H and O–H groups in total. The van der Waals surface area contributed by atoms with Crippen LogP contribution in [-0.4, -0.2) is 51.3 Å². The Morgan fingerprint density at radius 1 is 1.38 bits per heavy atom. The van der Waals surface area contributed by atoms with Crippen LogP contribution in [0.1, 0.15) is 29.9 Å². The normalized spacial score (nSPS) is 34.2. The molecule has 1 aliphatic carbocycles. The largest absolute Gasteiger partial charge is 0.384 e. The van der Waals surface area contributed by atoms with E-state index in [1.807, 2.05) is 0 Å². The number of carbonyl (C=O) groups excluding carboxylic acids is 1. The summed E-state index contributed by atoms with van der Waals surface area (Å²) in [7, 11) is 5.19. The summed E-state index contributed by atoms with van der Waals surface area (Å²) in [6, 6.07) is 6.61. The summed E-state index contributed by atoms with van der Waals surface area (Å²) in [6.45, 7) is 1.64. The van der Waals surface area contributed by atoms with Crippen LogP contribution in [0.15, 0.2) is 18.2 Å². The van der Waals surface area contributed by atoms with Crippen LogP contribution in [0.3, 0.4) is 0 Å². The minimum atomic E-state index is -0.488. The molecule has 1 aromatic carbocycles. The fourth-order valence-electron chi connectivity index (χ4n) is 5.03. The monoisotopic (exact) mass is 332 g/mol. The lowest BCUT2D eigenvalue weighted by molar-refractivity contribution is -0.264. The first-order chi connectivity index (χ1) is 11.6. The van der Waals surface area contributed by atoms with Gasteiger partial charge in [0.05, 0.1) is 13.0 Å². The summed E-state index contributed by atoms with van der Waals surface area (Å²) in [5.41, 5.74) is 3.30. The number of piperidine rings is 1. The Bertz CT molecular complexity index is 664. The van der Waals surface area contributed by atoms with Gasteiger partial charge in [0.15, 0.2) is 0 Å². The molecule has 0 amide bonds. The van der Waals surface area contributed by atoms with Crippen molar-refractivity contribution in [3.8, 4) is 0 Å². The highest BCUT2D eigenvalue weighted by Crippen LogP contribution is 2.54. The molecule has 6 nitrogen and oxygen atoms in total. The summed E-state index contributed by atoms with van der Waals surface area (Å²) in [6.07, 6.45) is 1.65. The Balaban J connectivity index is 1.79. The van der Waals surface area contributed by atoms with Crippen molar-refractivity contribution in [1.82, 2.24) is 4.90 Å². The van der Waals surface area contributed by atoms with E-state index in [4.69, 9.17) is 9.62 Å². The number of hydrogen-bond donors (Lipinski definition) is 1. The molecule has 3 aliphatic rings. The topological polar surface area (TPSA) is 60.0 Å². The average molecular weight is 332 g/mol. The third-order valence-electron chi connectivity index (χ3n) is 6.01. The maximum absolute atomic E-state index is 12.3. The van der Waals surface area contributed by atoms with Crippen molar-refractivity contribution in [2.75, 3.05) is 39.7 Å². The van der Waals surface area contributed by atoms with E-state index in [1.54, 1.807) is 7.11 Å². The predicted octanol–water partition coefficient (Wildman–Crippen LogP) is 1.87. The van der Waals surface area contributed by atoms with Gasteiger partial charge in [0, 0.05) is 37.8 Å². The highest BCUT2D eigenvalue weighted by Gasteiger charge is 2.55. The van der Waals surface area contributed by atoms with Crippen molar-refractivity contribution in [2.24, 2.45) is 5.92 Å². The SMILES string of the molecule is COOC(=O)C1CN(C)C2CC3CNc4cccc(c43)C2(OC)C1. The number of carbonyl (C=O) groups is 1. The van der Waals surface area contributed by atoms with Gasteiger partial charge in [0.2, 0.25) is 0 Å². The zero-order valence-electron chi connectivity index (χ0n) is 14.4. The Morgan fingerprint density at radius 2 is 2.21 bits per heavy atom. The summed E-state index contributed by atoms with van der Waals surface area (Å²) < 4.78 is 6.15. The molecule has 4 unspecified atom stereocenters. The maximum Gasteiger partial charge on any atom is 0.346 e. The van der Waals surface area contributed by atoms with E-state index in [0.29, 0.717) is 18.9 Å². The second-order valence-corrected chi connectivity index (χ2v) is 7.10. The molecule has 0 radical (unpaired) electrons. The lowest BCUT2D eigenvalue weighted by atomic mass is 9.65. The summed E-state index contributed by atoms with van der Waals surface area (Å²) >= 11 is 0. The highest BCUT2D eigenvalue weighted by molar-refractivity contribution is 5.73. The molecule has 4 atom stereocenters. The standard InChI is InChI=1S/C18H24N2O4/c1-20-10-12(17(21)24-23-3)8-18(22-2)13-5-4-6-14-16(13)11(9-19-14)7-15(18)20/h4-6,11-12,15,19H,7-10H2,1-3H3. The molecule has 2 heterocycles. The lowest BCUT2D eigenvalue weighted by Crippen LogP contribution is -2.60. The molecule has 130 valence electrons. The number of anilines is 1. The van der Waals surface area contributed by atoms with Gasteiger partial charge in [0.1, 0.15) is 5.60 Å². The van der Waals surface area contributed by atoms with Crippen molar-refractivity contribution in [3.63, 3.8) is 0 Å². The Hall–Kier alpha value is -1.63. The number of nitrogens with zero attached hydrogens (tertiary/aromatic N) is 1. The van der Waals surface area contributed by atoms with Gasteiger partial charge in [-0.05, 0) is 37.1 Å². The average Bonchev–Trinajstić information content (AvgIpc) is 3.00. The van der Waals surface area contributed by atoms with Crippen LogP contribution in [0.25, 0.3) is 0 Å². The van der Waals surface area contributed by atoms with Crippen molar-refractivity contribution >= 4 is 11.7 Å². The van der Waals surface area contributed by atoms with Crippen molar-refractivity contribution in [3.05, 3.63) is 29.3 Å². The van der Waals surface area contributed by atoms with Crippen LogP contribution < -0.4 is 5.32 Å². The Morgan fingerprint density at radius 3 is 2.96 bits per heavy atom. The predicted molar refractivity (Wildman–Crippen MR) is 88.6 cm³/mol. The van der Waals surface area contributed by atoms with Crippen molar-refractivity contribution in [2.45, 2.75) is 30.4 Å². The fourth-order valence-corrected chi connectivity index (χ4v) is 5.03. The van der Waals surface area contributed by atoms with Crippen LogP contribution in [0.2, 0.25) is 0 Å². The highest BCUT2D eigenvalue weighted by atomic mass is 17.2. The lowest BCUT2D eigenvalue weighted by Gasteiger charge is -2.54. The first-order valence-electron chi connectivity index (χ1n) is 8.48. The van der Waals surface area contributed by atoms with Gasteiger partial charge in [-0.25, -0.2) is 4.79 Å². The summed E-state index contributed by atoms with van der Waals surface area (Å²) in [5, 5.41) is 3.52. The quantitative estimate of drug-likeness (QED) is 0.673. The molecule has 24 heavy (non-hydrogen) atoms. The molecular weight excluding hydrogens is 308 g/mol. The van der Waals surface area contributed by atoms with E-state index < -0.39 is 5.60 Å². The number of methoxy groups -OCH3 is 1. The molecule has 1 aromatic rings. The number of ether oxygens (including phenoxy) is 1. The fraction of sp³-hybridized carbons (Fsp3) is 0.611. The molecule has 2 aliphatic heterocycles. The van der Waals surface area contributed by atoms with Crippen molar-refractivity contribution in [1.29, 1.82) is 0 Å². The number of rotatable bonds is 3. The Kier molecular flexibility index (Phi) is 3.78. The molecule has 1 fully saturated rings. The van der Waals surface area contributed by atoms with Crippen LogP contribution in [0, 0.1) is 5.92 Å². The van der Waals surface area contributed by atoms with E-state index in [-0.39, 0.29) is 17.9 Å². The second-order valence-electron chi connectivity index (χ2n) is 7.10. The zero-order valence-corrected chi connectivity index (χ0v) is 14.4. The van der Waals surface area contributed by atoms with Gasteiger partial charge in [-0.3, -0.25) is 9.79 Å². The van der Waals surface area contributed by atoms with Gasteiger partial charge in [0.25, 0.3) is 0 Å². The minimum Gasteiger partial charge on any atom is -0.384 e. The number of fused-ring (bicyclic) bond motifs is 2. The molecule has 0 spiro atoms. The van der Waals surface area contributed by atoms with E-state index >= 15 is 0 Å². The van der Waals surface area contributed by atoms with Crippen LogP contribution >= 0.6 is 0 Å². The third-order valence-corrected chi connectivity index (χ3v) is 6.01. The molecule has 0 aromatic heterocycles. The van der Waals surface area contributed by atoms with E-state index in [2.05, 4.69) is 40.4 Å². The number of nitrogens with one attached hydrogen (secondary N) is 1. The maximum atomic E-state index is 12.3. The number of likely N-dealkylation sites (N-methyl/N-ethyl adjacent to an activating group) is 1. The molecule has 6 heteroatoms. The molecule has 0 bridgehead atoms. The van der Waals surface area contributed by atoms with Gasteiger partial charge in [-0.15, -0.1) is 0 Å². The summed E-state index contributed by atoms with van der Waals surface area (Å²) in [4.78, 5) is 23.9. The van der Waals surface area contributed by atoms with Gasteiger partial charge in [-0.1, -0.05) is 12.1 Å². The molecular formula is C18H24N2O4. The molecule has 0 saturated carbocycles. The second kappa shape index (κ2) is 5.72. The number of likely N-dealkylation sites (tertiary alicyclic amines) is 1. The molecule has 4 rings (SSSR count). The zero-order chi connectivity index (χ0) is 16.9. The number of hydrogen-bond acceptors (Lipinski definition) is 6.